The molecule has 3 aromatic rings. The van der Waals surface area contributed by atoms with Crippen LogP contribution in [0.15, 0.2) is 41.1 Å². The second-order valence-electron chi connectivity index (χ2n) is 4.25. The Morgan fingerprint density at radius 2 is 1.81 bits per heavy atom. The SMILES string of the molecule is Fc1cc(F)c(F)c(Nc2ccnc3cc(Br)cnc23)c1. The zero-order valence-electron chi connectivity index (χ0n) is 10.4. The molecule has 7 heteroatoms. The highest BCUT2D eigenvalue weighted by Gasteiger charge is 2.13. The fraction of sp³-hybridized carbons (Fsp3) is 0. The van der Waals surface area contributed by atoms with Crippen molar-refractivity contribution in [1.29, 1.82) is 0 Å². The number of nitrogens with zero attached hydrogens (tertiary/aromatic N) is 2. The average Bonchev–Trinajstić information content (AvgIpc) is 2.44. The van der Waals surface area contributed by atoms with Gasteiger partial charge in [-0.2, -0.15) is 0 Å². The van der Waals surface area contributed by atoms with Crippen molar-refractivity contribution in [3.63, 3.8) is 0 Å². The largest absolute Gasteiger partial charge is 0.351 e. The van der Waals surface area contributed by atoms with Crippen molar-refractivity contribution in [1.82, 2.24) is 9.97 Å². The van der Waals surface area contributed by atoms with Gasteiger partial charge in [0.15, 0.2) is 11.6 Å². The van der Waals surface area contributed by atoms with Gasteiger partial charge in [0, 0.05) is 29.0 Å². The third kappa shape index (κ3) is 2.69. The van der Waals surface area contributed by atoms with Gasteiger partial charge in [-0.25, -0.2) is 13.2 Å². The Morgan fingerprint density at radius 3 is 2.62 bits per heavy atom. The molecule has 0 radical (unpaired) electrons. The lowest BCUT2D eigenvalue weighted by atomic mass is 10.2. The second-order valence-corrected chi connectivity index (χ2v) is 5.17. The number of pyridine rings is 2. The van der Waals surface area contributed by atoms with Crippen LogP contribution < -0.4 is 5.32 Å². The van der Waals surface area contributed by atoms with E-state index in [1.807, 2.05) is 0 Å². The van der Waals surface area contributed by atoms with Crippen molar-refractivity contribution in [2.75, 3.05) is 5.32 Å². The third-order valence-electron chi connectivity index (χ3n) is 2.81. The Morgan fingerprint density at radius 1 is 1.00 bits per heavy atom. The molecule has 2 heterocycles. The van der Waals surface area contributed by atoms with Gasteiger partial charge < -0.3 is 5.32 Å². The normalized spacial score (nSPS) is 10.9. The van der Waals surface area contributed by atoms with Crippen molar-refractivity contribution in [2.24, 2.45) is 0 Å². The first-order valence-corrected chi connectivity index (χ1v) is 6.66. The van der Waals surface area contributed by atoms with Crippen LogP contribution in [0.3, 0.4) is 0 Å². The number of hydrogen-bond donors (Lipinski definition) is 1. The number of halogens is 4. The fourth-order valence-corrected chi connectivity index (χ4v) is 2.22. The van der Waals surface area contributed by atoms with Crippen LogP contribution in [0, 0.1) is 17.5 Å². The van der Waals surface area contributed by atoms with Gasteiger partial charge in [0.25, 0.3) is 0 Å². The summed E-state index contributed by atoms with van der Waals surface area (Å²) in [6.07, 6.45) is 3.05. The van der Waals surface area contributed by atoms with Crippen molar-refractivity contribution in [3.05, 3.63) is 58.6 Å². The molecule has 0 aliphatic rings. The molecule has 2 aromatic heterocycles. The molecular formula is C14H7BrF3N3. The zero-order chi connectivity index (χ0) is 15.0. The molecule has 3 rings (SSSR count). The summed E-state index contributed by atoms with van der Waals surface area (Å²) in [5, 5.41) is 2.64. The van der Waals surface area contributed by atoms with Crippen LogP contribution in [0.5, 0.6) is 0 Å². The van der Waals surface area contributed by atoms with Crippen LogP contribution in [0.2, 0.25) is 0 Å². The van der Waals surface area contributed by atoms with E-state index in [9.17, 15) is 13.2 Å². The highest BCUT2D eigenvalue weighted by atomic mass is 79.9. The van der Waals surface area contributed by atoms with Gasteiger partial charge in [-0.05, 0) is 28.1 Å². The van der Waals surface area contributed by atoms with Gasteiger partial charge in [-0.1, -0.05) is 0 Å². The topological polar surface area (TPSA) is 37.8 Å². The lowest BCUT2D eigenvalue weighted by Crippen LogP contribution is -1.99. The van der Waals surface area contributed by atoms with E-state index in [1.165, 1.54) is 6.20 Å². The minimum absolute atomic E-state index is 0.301. The predicted molar refractivity (Wildman–Crippen MR) is 76.8 cm³/mol. The maximum atomic E-state index is 13.7. The quantitative estimate of drug-likeness (QED) is 0.686. The van der Waals surface area contributed by atoms with Crippen LogP contribution in [0.4, 0.5) is 24.5 Å². The Labute approximate surface area is 126 Å². The number of aromatic nitrogens is 2. The van der Waals surface area contributed by atoms with Gasteiger partial charge in [0.1, 0.15) is 11.3 Å². The van der Waals surface area contributed by atoms with E-state index < -0.39 is 17.5 Å². The van der Waals surface area contributed by atoms with E-state index in [1.54, 1.807) is 18.3 Å². The Hall–Kier alpha value is -2.15. The number of rotatable bonds is 2. The van der Waals surface area contributed by atoms with Gasteiger partial charge in [0.2, 0.25) is 0 Å². The first-order chi connectivity index (χ1) is 10.0. The number of anilines is 2. The molecular weight excluding hydrogens is 347 g/mol. The van der Waals surface area contributed by atoms with Gasteiger partial charge in [0.05, 0.1) is 16.9 Å². The van der Waals surface area contributed by atoms with Gasteiger partial charge >= 0.3 is 0 Å². The number of benzene rings is 1. The standard InChI is InChI=1S/C14H7BrF3N3/c15-7-3-12-14(20-6-7)10(1-2-19-12)21-11-5-8(16)4-9(17)13(11)18/h1-6H,(H,19,21). The van der Waals surface area contributed by atoms with E-state index in [4.69, 9.17) is 0 Å². The van der Waals surface area contributed by atoms with Crippen LogP contribution in [0.25, 0.3) is 11.0 Å². The monoisotopic (exact) mass is 353 g/mol. The first-order valence-electron chi connectivity index (χ1n) is 5.86. The van der Waals surface area contributed by atoms with Gasteiger partial charge in [-0.15, -0.1) is 0 Å². The van der Waals surface area contributed by atoms with Gasteiger partial charge in [-0.3, -0.25) is 9.97 Å². The first kappa shape index (κ1) is 13.8. The van der Waals surface area contributed by atoms with Crippen LogP contribution in [-0.4, -0.2) is 9.97 Å². The molecule has 0 atom stereocenters. The van der Waals surface area contributed by atoms with Crippen LogP contribution in [-0.2, 0) is 0 Å². The van der Waals surface area contributed by atoms with Crippen molar-refractivity contribution < 1.29 is 13.2 Å². The summed E-state index contributed by atoms with van der Waals surface area (Å²) in [5.41, 5.74) is 1.12. The van der Waals surface area contributed by atoms with E-state index in [0.29, 0.717) is 22.8 Å². The van der Waals surface area contributed by atoms with Crippen molar-refractivity contribution in [3.8, 4) is 0 Å². The molecule has 1 N–H and O–H groups in total. The molecule has 0 bridgehead atoms. The summed E-state index contributed by atoms with van der Waals surface area (Å²) in [6, 6.07) is 4.64. The minimum Gasteiger partial charge on any atom is -0.351 e. The van der Waals surface area contributed by atoms with E-state index in [-0.39, 0.29) is 5.69 Å². The number of fused-ring (bicyclic) bond motifs is 1. The Kier molecular flexibility index (Phi) is 3.50. The van der Waals surface area contributed by atoms with E-state index in [0.717, 1.165) is 10.5 Å². The molecule has 0 saturated heterocycles. The Bertz CT molecular complexity index is 839. The van der Waals surface area contributed by atoms with E-state index in [2.05, 4.69) is 31.2 Å². The third-order valence-corrected chi connectivity index (χ3v) is 3.24. The lowest BCUT2D eigenvalue weighted by Gasteiger charge is -2.10. The predicted octanol–water partition coefficient (Wildman–Crippen LogP) is 4.55. The molecule has 21 heavy (non-hydrogen) atoms. The molecule has 0 unspecified atom stereocenters. The summed E-state index contributed by atoms with van der Waals surface area (Å²) in [5.74, 6) is -3.28. The molecule has 1 aromatic carbocycles. The number of hydrogen-bond acceptors (Lipinski definition) is 3. The fourth-order valence-electron chi connectivity index (χ4n) is 1.90. The highest BCUT2D eigenvalue weighted by molar-refractivity contribution is 9.10. The molecule has 0 fully saturated rings. The van der Waals surface area contributed by atoms with Crippen LogP contribution >= 0.6 is 15.9 Å². The second kappa shape index (κ2) is 5.33. The average molecular weight is 354 g/mol. The zero-order valence-corrected chi connectivity index (χ0v) is 12.0. The highest BCUT2D eigenvalue weighted by Crippen LogP contribution is 2.27. The summed E-state index contributed by atoms with van der Waals surface area (Å²) in [6.45, 7) is 0. The summed E-state index contributed by atoms with van der Waals surface area (Å²) in [7, 11) is 0. The van der Waals surface area contributed by atoms with E-state index >= 15 is 0 Å². The summed E-state index contributed by atoms with van der Waals surface area (Å²) >= 11 is 3.27. The molecule has 0 spiro atoms. The van der Waals surface area contributed by atoms with Crippen molar-refractivity contribution in [2.45, 2.75) is 0 Å². The molecule has 3 nitrogen and oxygen atoms in total. The Balaban J connectivity index is 2.10. The molecule has 0 amide bonds. The molecule has 0 aliphatic heterocycles. The van der Waals surface area contributed by atoms with Crippen molar-refractivity contribution >= 4 is 38.3 Å². The number of nitrogens with one attached hydrogen (secondary N) is 1. The molecule has 106 valence electrons. The molecule has 0 saturated carbocycles. The maximum absolute atomic E-state index is 13.7. The lowest BCUT2D eigenvalue weighted by molar-refractivity contribution is 0.498. The summed E-state index contributed by atoms with van der Waals surface area (Å²) in [4.78, 5) is 8.30. The van der Waals surface area contributed by atoms with Crippen LogP contribution in [0.1, 0.15) is 0 Å². The molecule has 0 aliphatic carbocycles. The smallest absolute Gasteiger partial charge is 0.182 e. The summed E-state index contributed by atoms with van der Waals surface area (Å²) < 4.78 is 40.8. The maximum Gasteiger partial charge on any atom is 0.182 e. The minimum atomic E-state index is -1.26.